The van der Waals surface area contributed by atoms with E-state index >= 15 is 0 Å². The second kappa shape index (κ2) is 3.15. The highest BCUT2D eigenvalue weighted by molar-refractivity contribution is 5.40. The first-order valence-corrected chi connectivity index (χ1v) is 4.99. The van der Waals surface area contributed by atoms with Crippen molar-refractivity contribution in [3.8, 4) is 0 Å². The highest BCUT2D eigenvalue weighted by Crippen LogP contribution is 2.41. The zero-order valence-corrected chi connectivity index (χ0v) is 8.50. The van der Waals surface area contributed by atoms with Gasteiger partial charge in [-0.2, -0.15) is 0 Å². The molecule has 0 amide bonds. The lowest BCUT2D eigenvalue weighted by Crippen LogP contribution is -1.93. The second-order valence-electron chi connectivity index (χ2n) is 3.75. The van der Waals surface area contributed by atoms with Crippen LogP contribution in [0.1, 0.15) is 49.2 Å². The molecule has 1 aromatic carbocycles. The average Bonchev–Trinajstić information content (AvgIpc) is 2.44. The van der Waals surface area contributed by atoms with Gasteiger partial charge in [-0.1, -0.05) is 25.1 Å². The van der Waals surface area contributed by atoms with Crippen LogP contribution in [-0.2, 0) is 4.74 Å². The molecule has 0 N–H and O–H groups in total. The highest BCUT2D eigenvalue weighted by atomic mass is 16.5. The summed E-state index contributed by atoms with van der Waals surface area (Å²) in [6, 6.07) is 6.48. The molecule has 1 nitrogen and oxygen atoms in total. The second-order valence-corrected chi connectivity index (χ2v) is 3.75. The van der Waals surface area contributed by atoms with E-state index in [1.54, 1.807) is 0 Å². The fourth-order valence-corrected chi connectivity index (χ4v) is 2.24. The van der Waals surface area contributed by atoms with Crippen molar-refractivity contribution in [1.82, 2.24) is 0 Å². The van der Waals surface area contributed by atoms with Crippen LogP contribution in [0.4, 0.5) is 0 Å². The molecule has 2 atom stereocenters. The monoisotopic (exact) mass is 176 g/mol. The minimum atomic E-state index is 0.279. The van der Waals surface area contributed by atoms with Crippen molar-refractivity contribution in [2.75, 3.05) is 0 Å². The molecule has 0 radical (unpaired) electrons. The Kier molecular flexibility index (Phi) is 2.12. The van der Waals surface area contributed by atoms with Gasteiger partial charge in [-0.25, -0.2) is 0 Å². The van der Waals surface area contributed by atoms with Gasteiger partial charge in [0.15, 0.2) is 0 Å². The van der Waals surface area contributed by atoms with Crippen LogP contribution in [-0.4, -0.2) is 0 Å². The Morgan fingerprint density at radius 2 is 2.15 bits per heavy atom. The van der Waals surface area contributed by atoms with E-state index in [0.29, 0.717) is 6.10 Å². The van der Waals surface area contributed by atoms with E-state index in [1.165, 1.54) is 16.7 Å². The molecule has 2 unspecified atom stereocenters. The van der Waals surface area contributed by atoms with Gasteiger partial charge in [0.2, 0.25) is 0 Å². The normalized spacial score (nSPS) is 26.1. The standard InChI is InChI=1S/C12H16O/c1-4-11-10-7-5-6-8(2)12(10)9(3)13-11/h5-7,9,11H,4H2,1-3H3. The number of hydrogen-bond donors (Lipinski definition) is 0. The number of rotatable bonds is 1. The Morgan fingerprint density at radius 3 is 2.85 bits per heavy atom. The van der Waals surface area contributed by atoms with Crippen LogP contribution in [0.3, 0.4) is 0 Å². The fourth-order valence-electron chi connectivity index (χ4n) is 2.24. The van der Waals surface area contributed by atoms with E-state index < -0.39 is 0 Å². The molecule has 0 spiro atoms. The van der Waals surface area contributed by atoms with Gasteiger partial charge < -0.3 is 4.74 Å². The molecule has 1 aliphatic heterocycles. The molecule has 0 saturated carbocycles. The summed E-state index contributed by atoms with van der Waals surface area (Å²) >= 11 is 0. The van der Waals surface area contributed by atoms with Gasteiger partial charge in [-0.15, -0.1) is 0 Å². The number of aryl methyl sites for hydroxylation is 1. The number of hydrogen-bond acceptors (Lipinski definition) is 1. The lowest BCUT2D eigenvalue weighted by atomic mass is 9.97. The van der Waals surface area contributed by atoms with Gasteiger partial charge in [0.25, 0.3) is 0 Å². The zero-order valence-electron chi connectivity index (χ0n) is 8.50. The van der Waals surface area contributed by atoms with Gasteiger partial charge in [0.05, 0.1) is 12.2 Å². The van der Waals surface area contributed by atoms with Crippen molar-refractivity contribution in [2.45, 2.75) is 39.4 Å². The Bertz CT molecular complexity index is 317. The molecule has 0 aromatic heterocycles. The number of benzene rings is 1. The van der Waals surface area contributed by atoms with E-state index in [2.05, 4.69) is 39.0 Å². The first kappa shape index (κ1) is 8.76. The smallest absolute Gasteiger partial charge is 0.0834 e. The van der Waals surface area contributed by atoms with Crippen molar-refractivity contribution in [3.05, 3.63) is 34.9 Å². The first-order chi connectivity index (χ1) is 6.24. The molecule has 0 fully saturated rings. The summed E-state index contributed by atoms with van der Waals surface area (Å²) in [6.07, 6.45) is 1.67. The van der Waals surface area contributed by atoms with E-state index in [4.69, 9.17) is 4.74 Å². The Balaban J connectivity index is 2.51. The average molecular weight is 176 g/mol. The minimum absolute atomic E-state index is 0.279. The summed E-state index contributed by atoms with van der Waals surface area (Å²) < 4.78 is 5.86. The Labute approximate surface area is 79.7 Å². The third kappa shape index (κ3) is 1.28. The Hall–Kier alpha value is -0.820. The minimum Gasteiger partial charge on any atom is -0.366 e. The summed E-state index contributed by atoms with van der Waals surface area (Å²) in [6.45, 7) is 6.48. The Morgan fingerprint density at radius 1 is 1.38 bits per heavy atom. The molecule has 0 saturated heterocycles. The molecule has 0 aliphatic carbocycles. The topological polar surface area (TPSA) is 9.23 Å². The van der Waals surface area contributed by atoms with Crippen molar-refractivity contribution < 1.29 is 4.74 Å². The summed E-state index contributed by atoms with van der Waals surface area (Å²) in [4.78, 5) is 0. The van der Waals surface area contributed by atoms with Crippen LogP contribution < -0.4 is 0 Å². The maximum atomic E-state index is 5.86. The van der Waals surface area contributed by atoms with Crippen LogP contribution in [0.15, 0.2) is 18.2 Å². The largest absolute Gasteiger partial charge is 0.366 e. The molecule has 1 heterocycles. The lowest BCUT2D eigenvalue weighted by molar-refractivity contribution is 0.0198. The van der Waals surface area contributed by atoms with E-state index in [9.17, 15) is 0 Å². The summed E-state index contributed by atoms with van der Waals surface area (Å²) in [5.74, 6) is 0. The molecule has 2 rings (SSSR count). The number of fused-ring (bicyclic) bond motifs is 1. The van der Waals surface area contributed by atoms with Gasteiger partial charge in [-0.3, -0.25) is 0 Å². The van der Waals surface area contributed by atoms with Crippen LogP contribution in [0, 0.1) is 6.92 Å². The molecular weight excluding hydrogens is 160 g/mol. The quantitative estimate of drug-likeness (QED) is 0.636. The van der Waals surface area contributed by atoms with Gasteiger partial charge >= 0.3 is 0 Å². The van der Waals surface area contributed by atoms with Crippen LogP contribution in [0.2, 0.25) is 0 Å². The molecule has 1 aliphatic rings. The molecule has 1 aromatic rings. The zero-order chi connectivity index (χ0) is 9.42. The number of ether oxygens (including phenoxy) is 1. The van der Waals surface area contributed by atoms with Crippen LogP contribution in [0.5, 0.6) is 0 Å². The predicted molar refractivity (Wildman–Crippen MR) is 53.7 cm³/mol. The summed E-state index contributed by atoms with van der Waals surface area (Å²) in [7, 11) is 0. The molecule has 13 heavy (non-hydrogen) atoms. The van der Waals surface area contributed by atoms with Crippen molar-refractivity contribution in [3.63, 3.8) is 0 Å². The summed E-state index contributed by atoms with van der Waals surface area (Å²) in [5, 5.41) is 0. The lowest BCUT2D eigenvalue weighted by Gasteiger charge is -2.07. The maximum Gasteiger partial charge on any atom is 0.0834 e. The third-order valence-corrected chi connectivity index (χ3v) is 2.85. The van der Waals surface area contributed by atoms with E-state index in [-0.39, 0.29) is 6.10 Å². The highest BCUT2D eigenvalue weighted by Gasteiger charge is 2.28. The van der Waals surface area contributed by atoms with Gasteiger partial charge in [-0.05, 0) is 37.0 Å². The maximum absolute atomic E-state index is 5.86. The van der Waals surface area contributed by atoms with Gasteiger partial charge in [0, 0.05) is 0 Å². The van der Waals surface area contributed by atoms with Crippen molar-refractivity contribution >= 4 is 0 Å². The summed E-state index contributed by atoms with van der Waals surface area (Å²) in [5.41, 5.74) is 4.17. The molecule has 0 bridgehead atoms. The van der Waals surface area contributed by atoms with Gasteiger partial charge in [0.1, 0.15) is 0 Å². The van der Waals surface area contributed by atoms with Crippen LogP contribution in [0.25, 0.3) is 0 Å². The van der Waals surface area contributed by atoms with Crippen LogP contribution >= 0.6 is 0 Å². The third-order valence-electron chi connectivity index (χ3n) is 2.85. The van der Waals surface area contributed by atoms with Crippen molar-refractivity contribution in [1.29, 1.82) is 0 Å². The predicted octanol–water partition coefficient (Wildman–Crippen LogP) is 3.54. The van der Waals surface area contributed by atoms with Crippen molar-refractivity contribution in [2.24, 2.45) is 0 Å². The SMILES string of the molecule is CCC1OC(C)c2c(C)cccc21. The molecule has 1 heteroatoms. The molecule has 70 valence electrons. The fraction of sp³-hybridized carbons (Fsp3) is 0.500. The first-order valence-electron chi connectivity index (χ1n) is 4.99. The van der Waals surface area contributed by atoms with E-state index in [1.807, 2.05) is 0 Å². The van der Waals surface area contributed by atoms with E-state index in [0.717, 1.165) is 6.42 Å². The molecular formula is C12H16O.